The van der Waals surface area contributed by atoms with Crippen LogP contribution >= 0.6 is 0 Å². The first kappa shape index (κ1) is 21.6. The molecule has 0 saturated carbocycles. The van der Waals surface area contributed by atoms with Gasteiger partial charge in [-0.2, -0.15) is 10.2 Å². The van der Waals surface area contributed by atoms with Gasteiger partial charge in [-0.1, -0.05) is 48.5 Å². The van der Waals surface area contributed by atoms with Gasteiger partial charge in [-0.15, -0.1) is 0 Å². The Morgan fingerprint density at radius 3 is 2.50 bits per heavy atom. The second-order valence-electron chi connectivity index (χ2n) is 8.11. The van der Waals surface area contributed by atoms with Gasteiger partial charge < -0.3 is 5.32 Å². The maximum Gasteiger partial charge on any atom is 0.220 e. The Balaban J connectivity index is 1.38. The van der Waals surface area contributed by atoms with Crippen LogP contribution in [0.15, 0.2) is 67.0 Å². The molecule has 0 atom stereocenters. The fourth-order valence-electron chi connectivity index (χ4n) is 4.03. The number of carbonyl (C=O) groups is 1. The summed E-state index contributed by atoms with van der Waals surface area (Å²) in [4.78, 5) is 12.5. The van der Waals surface area contributed by atoms with Crippen LogP contribution in [0.1, 0.15) is 34.5 Å². The van der Waals surface area contributed by atoms with Gasteiger partial charge in [0, 0.05) is 38.1 Å². The van der Waals surface area contributed by atoms with E-state index in [9.17, 15) is 4.79 Å². The summed E-state index contributed by atoms with van der Waals surface area (Å²) in [5.41, 5.74) is 7.87. The van der Waals surface area contributed by atoms with Gasteiger partial charge in [-0.3, -0.25) is 14.2 Å². The van der Waals surface area contributed by atoms with Crippen molar-refractivity contribution in [2.75, 3.05) is 0 Å². The fourth-order valence-corrected chi connectivity index (χ4v) is 4.03. The molecule has 1 amide bonds. The number of aryl methyl sites for hydroxylation is 2. The minimum atomic E-state index is 0.0528. The second kappa shape index (κ2) is 9.64. The summed E-state index contributed by atoms with van der Waals surface area (Å²) >= 11 is 0. The molecular formula is C26H29N5O. The Morgan fingerprint density at radius 2 is 1.81 bits per heavy atom. The molecule has 6 nitrogen and oxygen atoms in total. The average Bonchev–Trinajstić information content (AvgIpc) is 3.39. The maximum atomic E-state index is 12.5. The highest BCUT2D eigenvalue weighted by Crippen LogP contribution is 2.24. The van der Waals surface area contributed by atoms with Crippen molar-refractivity contribution in [3.63, 3.8) is 0 Å². The normalized spacial score (nSPS) is 11.0. The highest BCUT2D eigenvalue weighted by molar-refractivity contribution is 5.77. The average molecular weight is 428 g/mol. The number of amides is 1. The van der Waals surface area contributed by atoms with Gasteiger partial charge in [0.15, 0.2) is 0 Å². The number of rotatable bonds is 8. The van der Waals surface area contributed by atoms with E-state index < -0.39 is 0 Å². The third kappa shape index (κ3) is 4.97. The predicted molar refractivity (Wildman–Crippen MR) is 126 cm³/mol. The van der Waals surface area contributed by atoms with E-state index in [-0.39, 0.29) is 5.91 Å². The summed E-state index contributed by atoms with van der Waals surface area (Å²) in [6.45, 7) is 5.30. The van der Waals surface area contributed by atoms with Crippen LogP contribution in [0.25, 0.3) is 11.1 Å². The summed E-state index contributed by atoms with van der Waals surface area (Å²) in [6.07, 6.45) is 4.91. The number of hydrogen-bond acceptors (Lipinski definition) is 3. The molecule has 4 aromatic rings. The van der Waals surface area contributed by atoms with Gasteiger partial charge >= 0.3 is 0 Å². The topological polar surface area (TPSA) is 64.7 Å². The number of nitrogens with zero attached hydrogens (tertiary/aromatic N) is 4. The Hall–Kier alpha value is -3.67. The summed E-state index contributed by atoms with van der Waals surface area (Å²) in [6, 6.07) is 18.7. The molecular weight excluding hydrogens is 398 g/mol. The smallest absolute Gasteiger partial charge is 0.220 e. The van der Waals surface area contributed by atoms with Crippen molar-refractivity contribution in [2.45, 2.75) is 39.8 Å². The molecule has 164 valence electrons. The van der Waals surface area contributed by atoms with Gasteiger partial charge in [0.2, 0.25) is 5.91 Å². The van der Waals surface area contributed by atoms with Gasteiger partial charge in [-0.05, 0) is 54.2 Å². The van der Waals surface area contributed by atoms with E-state index in [1.807, 2.05) is 54.7 Å². The molecule has 2 aromatic heterocycles. The molecule has 6 heteroatoms. The van der Waals surface area contributed by atoms with E-state index in [2.05, 4.69) is 51.9 Å². The van der Waals surface area contributed by atoms with Gasteiger partial charge in [0.05, 0.1) is 12.2 Å². The van der Waals surface area contributed by atoms with Crippen LogP contribution in [0.3, 0.4) is 0 Å². The maximum absolute atomic E-state index is 12.5. The summed E-state index contributed by atoms with van der Waals surface area (Å²) < 4.78 is 3.78. The highest BCUT2D eigenvalue weighted by atomic mass is 16.1. The van der Waals surface area contributed by atoms with Crippen molar-refractivity contribution in [2.24, 2.45) is 7.05 Å². The molecule has 0 aliphatic carbocycles. The van der Waals surface area contributed by atoms with Crippen molar-refractivity contribution in [3.8, 4) is 11.1 Å². The second-order valence-corrected chi connectivity index (χ2v) is 8.11. The number of aromatic nitrogens is 4. The van der Waals surface area contributed by atoms with Crippen LogP contribution in [-0.2, 0) is 31.4 Å². The van der Waals surface area contributed by atoms with Crippen molar-refractivity contribution >= 4 is 5.91 Å². The molecule has 0 aliphatic rings. The van der Waals surface area contributed by atoms with Crippen molar-refractivity contribution < 1.29 is 4.79 Å². The molecule has 0 radical (unpaired) electrons. The monoisotopic (exact) mass is 427 g/mol. The summed E-state index contributed by atoms with van der Waals surface area (Å²) in [5.74, 6) is 0.0528. The third-order valence-corrected chi connectivity index (χ3v) is 5.92. The van der Waals surface area contributed by atoms with E-state index in [0.717, 1.165) is 34.6 Å². The molecule has 0 aliphatic heterocycles. The first-order valence-electron chi connectivity index (χ1n) is 10.9. The van der Waals surface area contributed by atoms with Crippen LogP contribution in [0.5, 0.6) is 0 Å². The molecule has 0 spiro atoms. The number of nitrogens with one attached hydrogen (secondary N) is 1. The largest absolute Gasteiger partial charge is 0.352 e. The van der Waals surface area contributed by atoms with Gasteiger partial charge in [-0.25, -0.2) is 0 Å². The lowest BCUT2D eigenvalue weighted by molar-refractivity contribution is -0.121. The first-order chi connectivity index (χ1) is 15.5. The summed E-state index contributed by atoms with van der Waals surface area (Å²) in [7, 11) is 1.94. The van der Waals surface area contributed by atoms with Crippen molar-refractivity contribution in [3.05, 3.63) is 95.1 Å². The van der Waals surface area contributed by atoms with Crippen LogP contribution < -0.4 is 5.32 Å². The van der Waals surface area contributed by atoms with E-state index in [1.165, 1.54) is 11.1 Å². The van der Waals surface area contributed by atoms with Gasteiger partial charge in [0.25, 0.3) is 0 Å². The Kier molecular flexibility index (Phi) is 6.50. The molecule has 0 saturated heterocycles. The van der Waals surface area contributed by atoms with Crippen LogP contribution in [0, 0.1) is 13.8 Å². The Bertz CT molecular complexity index is 1190. The molecule has 0 fully saturated rings. The van der Waals surface area contributed by atoms with Crippen molar-refractivity contribution in [1.29, 1.82) is 0 Å². The van der Waals surface area contributed by atoms with Crippen molar-refractivity contribution in [1.82, 2.24) is 24.9 Å². The standard InChI is InChI=1S/C26H29N5O/c1-19-24(20(2)30(3)29-19)13-14-26(32)27-17-23-7-4-5-8-25(23)22-11-9-21(10-12-22)18-31-16-6-15-28-31/h4-12,15-16H,13-14,17-18H2,1-3H3,(H,27,32). The highest BCUT2D eigenvalue weighted by Gasteiger charge is 2.12. The van der Waals surface area contributed by atoms with Gasteiger partial charge in [0.1, 0.15) is 0 Å². The zero-order valence-corrected chi connectivity index (χ0v) is 18.9. The van der Waals surface area contributed by atoms with E-state index >= 15 is 0 Å². The zero-order chi connectivity index (χ0) is 22.5. The Morgan fingerprint density at radius 1 is 1.03 bits per heavy atom. The molecule has 1 N–H and O–H groups in total. The SMILES string of the molecule is Cc1nn(C)c(C)c1CCC(=O)NCc1ccccc1-c1ccc(Cn2cccn2)cc1. The zero-order valence-electron chi connectivity index (χ0n) is 18.9. The number of carbonyl (C=O) groups excluding carboxylic acids is 1. The number of benzene rings is 2. The predicted octanol–water partition coefficient (Wildman–Crippen LogP) is 4.20. The first-order valence-corrected chi connectivity index (χ1v) is 10.9. The lowest BCUT2D eigenvalue weighted by Gasteiger charge is -2.12. The molecule has 4 rings (SSSR count). The molecule has 0 bridgehead atoms. The van der Waals surface area contributed by atoms with Crippen LogP contribution in [-0.4, -0.2) is 25.5 Å². The third-order valence-electron chi connectivity index (χ3n) is 5.92. The minimum absolute atomic E-state index is 0.0528. The van der Waals surface area contributed by atoms with E-state index in [4.69, 9.17) is 0 Å². The minimum Gasteiger partial charge on any atom is -0.352 e. The fraction of sp³-hybridized carbons (Fsp3) is 0.269. The summed E-state index contributed by atoms with van der Waals surface area (Å²) in [5, 5.41) is 11.8. The van der Waals surface area contributed by atoms with Crippen LogP contribution in [0.2, 0.25) is 0 Å². The van der Waals surface area contributed by atoms with E-state index in [1.54, 1.807) is 6.20 Å². The lowest BCUT2D eigenvalue weighted by atomic mass is 9.98. The van der Waals surface area contributed by atoms with E-state index in [0.29, 0.717) is 19.4 Å². The van der Waals surface area contributed by atoms with Crippen LogP contribution in [0.4, 0.5) is 0 Å². The molecule has 0 unspecified atom stereocenters. The Labute approximate surface area is 188 Å². The lowest BCUT2D eigenvalue weighted by Crippen LogP contribution is -2.23. The molecule has 2 heterocycles. The quantitative estimate of drug-likeness (QED) is 0.458. The molecule has 32 heavy (non-hydrogen) atoms. The molecule has 2 aromatic carbocycles. The number of hydrogen-bond donors (Lipinski definition) is 1.